The lowest BCUT2D eigenvalue weighted by molar-refractivity contribution is 0.924. The summed E-state index contributed by atoms with van der Waals surface area (Å²) in [5.74, 6) is 0. The van der Waals surface area contributed by atoms with Crippen LogP contribution in [0.15, 0.2) is 18.4 Å². The molecule has 7 heavy (non-hydrogen) atoms. The molecule has 1 heterocycles. The van der Waals surface area contributed by atoms with Crippen molar-refractivity contribution in [2.75, 3.05) is 0 Å². The van der Waals surface area contributed by atoms with E-state index < -0.39 is 0 Å². The molecule has 0 saturated carbocycles. The van der Waals surface area contributed by atoms with Gasteiger partial charge in [-0.1, -0.05) is 0 Å². The lowest BCUT2D eigenvalue weighted by Crippen LogP contribution is -2.09. The summed E-state index contributed by atoms with van der Waals surface area (Å²) < 4.78 is 0. The first-order chi connectivity index (χ1) is 3.39. The molecule has 0 amide bonds. The summed E-state index contributed by atoms with van der Waals surface area (Å²) in [5, 5.41) is 3.00. The summed E-state index contributed by atoms with van der Waals surface area (Å²) >= 11 is 0. The van der Waals surface area contributed by atoms with Crippen molar-refractivity contribution in [3.05, 3.63) is 30.5 Å². The molecule has 0 unspecified atom stereocenters. The van der Waals surface area contributed by atoms with Gasteiger partial charge in [0.1, 0.15) is 0 Å². The van der Waals surface area contributed by atoms with Crippen molar-refractivity contribution in [3.8, 4) is 0 Å². The highest BCUT2D eigenvalue weighted by Gasteiger charge is 1.92. The van der Waals surface area contributed by atoms with Gasteiger partial charge >= 0.3 is 0 Å². The molecule has 1 aliphatic heterocycles. The molecule has 0 aromatic rings. The molecule has 0 aromatic carbocycles. The van der Waals surface area contributed by atoms with E-state index in [-0.39, 0.29) is 0 Å². The highest BCUT2D eigenvalue weighted by Crippen LogP contribution is 1.97. The molecular formula is C6H7N. The molecule has 0 saturated heterocycles. The van der Waals surface area contributed by atoms with Gasteiger partial charge in [-0.2, -0.15) is 0 Å². The lowest BCUT2D eigenvalue weighted by atomic mass is 10.2. The van der Waals surface area contributed by atoms with Gasteiger partial charge in [-0.25, -0.2) is 0 Å². The molecule has 0 spiro atoms. The molecule has 1 aliphatic rings. The summed E-state index contributed by atoms with van der Waals surface area (Å²) in [6, 6.07) is 1.14. The van der Waals surface area contributed by atoms with Crippen molar-refractivity contribution in [1.82, 2.24) is 5.32 Å². The normalized spacial score (nSPS) is 19.6. The highest BCUT2D eigenvalue weighted by molar-refractivity contribution is 5.14. The van der Waals surface area contributed by atoms with Crippen molar-refractivity contribution < 1.29 is 0 Å². The summed E-state index contributed by atoms with van der Waals surface area (Å²) in [7, 11) is 0. The summed E-state index contributed by atoms with van der Waals surface area (Å²) in [6.45, 7) is 2.00. The average Bonchev–Trinajstić information content (AvgIpc) is 1.69. The fourth-order valence-corrected chi connectivity index (χ4v) is 0.436. The maximum Gasteiger partial charge on any atom is 0.0795 e. The predicted molar refractivity (Wildman–Crippen MR) is 29.0 cm³/mol. The zero-order valence-corrected chi connectivity index (χ0v) is 4.23. The van der Waals surface area contributed by atoms with Crippen LogP contribution in [0.3, 0.4) is 0 Å². The summed E-state index contributed by atoms with van der Waals surface area (Å²) in [5.41, 5.74) is 0. The van der Waals surface area contributed by atoms with E-state index in [0.29, 0.717) is 0 Å². The Balaban J connectivity index is 2.49. The van der Waals surface area contributed by atoms with E-state index in [4.69, 9.17) is 0 Å². The smallest absolute Gasteiger partial charge is 0.0795 e. The molecule has 36 valence electrons. The second-order valence-electron chi connectivity index (χ2n) is 1.47. The van der Waals surface area contributed by atoms with Crippen LogP contribution < -0.4 is 5.32 Å². The zero-order chi connectivity index (χ0) is 5.11. The predicted octanol–water partition coefficient (Wildman–Crippen LogP) is 1.01. The van der Waals surface area contributed by atoms with Gasteiger partial charge in [-0.15, -0.1) is 0 Å². The minimum atomic E-state index is 1.14. The Labute approximate surface area is 43.7 Å². The van der Waals surface area contributed by atoms with Crippen LogP contribution in [0.5, 0.6) is 0 Å². The molecule has 0 bridgehead atoms. The van der Waals surface area contributed by atoms with Crippen LogP contribution in [0.2, 0.25) is 0 Å². The highest BCUT2D eigenvalue weighted by atomic mass is 14.9. The SMILES string of the molecule is C[C]1C=[C]C=CN1. The van der Waals surface area contributed by atoms with E-state index in [1.165, 1.54) is 0 Å². The molecule has 0 atom stereocenters. The molecular weight excluding hydrogens is 86.1 g/mol. The molecule has 2 radical (unpaired) electrons. The van der Waals surface area contributed by atoms with Gasteiger partial charge in [0, 0.05) is 0 Å². The van der Waals surface area contributed by atoms with Gasteiger partial charge in [0.05, 0.1) is 6.04 Å². The monoisotopic (exact) mass is 93.1 g/mol. The molecule has 0 aromatic heterocycles. The van der Waals surface area contributed by atoms with Crippen LogP contribution in [0.4, 0.5) is 0 Å². The van der Waals surface area contributed by atoms with Crippen molar-refractivity contribution in [2.45, 2.75) is 6.92 Å². The maximum absolute atomic E-state index is 3.00. The van der Waals surface area contributed by atoms with Gasteiger partial charge < -0.3 is 5.32 Å². The van der Waals surface area contributed by atoms with Gasteiger partial charge in [0.25, 0.3) is 0 Å². The third kappa shape index (κ3) is 1.07. The molecule has 1 nitrogen and oxygen atoms in total. The second kappa shape index (κ2) is 1.82. The van der Waals surface area contributed by atoms with Crippen molar-refractivity contribution in [2.24, 2.45) is 0 Å². The van der Waals surface area contributed by atoms with Crippen molar-refractivity contribution in [3.63, 3.8) is 0 Å². The van der Waals surface area contributed by atoms with Crippen molar-refractivity contribution in [1.29, 1.82) is 0 Å². The van der Waals surface area contributed by atoms with E-state index in [2.05, 4.69) is 11.4 Å². The molecule has 0 aliphatic carbocycles. The van der Waals surface area contributed by atoms with Crippen LogP contribution in [0.1, 0.15) is 6.92 Å². The Kier molecular flexibility index (Phi) is 1.16. The quantitative estimate of drug-likeness (QED) is 0.471. The number of nitrogens with one attached hydrogen (secondary N) is 1. The van der Waals surface area contributed by atoms with E-state index in [1.54, 1.807) is 0 Å². The Morgan fingerprint density at radius 3 is 2.86 bits per heavy atom. The van der Waals surface area contributed by atoms with Gasteiger partial charge in [0.15, 0.2) is 0 Å². The average molecular weight is 93.1 g/mol. The molecule has 1 heteroatoms. The minimum Gasteiger partial charge on any atom is -0.380 e. The Bertz CT molecular complexity index is 103. The molecule has 0 fully saturated rings. The number of rotatable bonds is 0. The van der Waals surface area contributed by atoms with Gasteiger partial charge in [0.2, 0.25) is 0 Å². The van der Waals surface area contributed by atoms with Crippen LogP contribution in [-0.2, 0) is 0 Å². The van der Waals surface area contributed by atoms with Crippen LogP contribution in [0, 0.1) is 12.1 Å². The van der Waals surface area contributed by atoms with Gasteiger partial charge in [-0.3, -0.25) is 0 Å². The first-order valence-electron chi connectivity index (χ1n) is 2.24. The third-order valence-electron chi connectivity index (χ3n) is 0.790. The first-order valence-corrected chi connectivity index (χ1v) is 2.24. The van der Waals surface area contributed by atoms with Crippen LogP contribution >= 0.6 is 0 Å². The number of hydrogen-bond donors (Lipinski definition) is 1. The topological polar surface area (TPSA) is 12.0 Å². The van der Waals surface area contributed by atoms with E-state index in [0.717, 1.165) is 6.04 Å². The second-order valence-corrected chi connectivity index (χ2v) is 1.47. The van der Waals surface area contributed by atoms with Gasteiger partial charge in [-0.05, 0) is 31.4 Å². The van der Waals surface area contributed by atoms with E-state index in [1.807, 2.05) is 25.3 Å². The number of hydrogen-bond acceptors (Lipinski definition) is 1. The number of dihydropyridines is 1. The fraction of sp³-hybridized carbons (Fsp3) is 0.167. The van der Waals surface area contributed by atoms with Crippen molar-refractivity contribution >= 4 is 0 Å². The lowest BCUT2D eigenvalue weighted by Gasteiger charge is -2.05. The Hall–Kier alpha value is -0.720. The molecule has 1 rings (SSSR count). The zero-order valence-electron chi connectivity index (χ0n) is 4.23. The Morgan fingerprint density at radius 1 is 1.71 bits per heavy atom. The molecule has 1 N–H and O–H groups in total. The Morgan fingerprint density at radius 2 is 2.57 bits per heavy atom. The van der Waals surface area contributed by atoms with Crippen LogP contribution in [0.25, 0.3) is 0 Å². The summed E-state index contributed by atoms with van der Waals surface area (Å²) in [4.78, 5) is 0. The van der Waals surface area contributed by atoms with E-state index >= 15 is 0 Å². The third-order valence-corrected chi connectivity index (χ3v) is 0.790. The maximum atomic E-state index is 3.00. The standard InChI is InChI=1S/C6H7N/c1-6-4-2-3-5-7-6/h3-5,7H,1H3. The largest absolute Gasteiger partial charge is 0.380 e. The van der Waals surface area contributed by atoms with Crippen LogP contribution in [-0.4, -0.2) is 0 Å². The minimum absolute atomic E-state index is 1.14. The first kappa shape index (κ1) is 4.44. The van der Waals surface area contributed by atoms with E-state index in [9.17, 15) is 0 Å². The summed E-state index contributed by atoms with van der Waals surface area (Å²) in [6.07, 6.45) is 8.53. The number of allylic oxidation sites excluding steroid dienone is 2. The fourth-order valence-electron chi connectivity index (χ4n) is 0.436.